The minimum absolute atomic E-state index is 0.222. The van der Waals surface area contributed by atoms with Crippen molar-refractivity contribution in [1.82, 2.24) is 4.90 Å². The SMILES string of the molecule is CC1CCN(Cc2cc(F)cc(Br)c2)CC1O. The summed E-state index contributed by atoms with van der Waals surface area (Å²) in [5.74, 6) is 0.144. The zero-order valence-electron chi connectivity index (χ0n) is 9.87. The highest BCUT2D eigenvalue weighted by Crippen LogP contribution is 2.21. The molecular formula is C13H17BrFNO. The van der Waals surface area contributed by atoms with Crippen molar-refractivity contribution >= 4 is 15.9 Å². The summed E-state index contributed by atoms with van der Waals surface area (Å²) >= 11 is 3.29. The molecule has 94 valence electrons. The van der Waals surface area contributed by atoms with Gasteiger partial charge in [-0.1, -0.05) is 22.9 Å². The second kappa shape index (κ2) is 5.46. The van der Waals surface area contributed by atoms with Crippen LogP contribution >= 0.6 is 15.9 Å². The lowest BCUT2D eigenvalue weighted by molar-refractivity contribution is 0.0259. The topological polar surface area (TPSA) is 23.5 Å². The van der Waals surface area contributed by atoms with Gasteiger partial charge in [-0.25, -0.2) is 4.39 Å². The highest BCUT2D eigenvalue weighted by Gasteiger charge is 2.24. The van der Waals surface area contributed by atoms with Gasteiger partial charge in [0, 0.05) is 17.6 Å². The number of hydrogen-bond donors (Lipinski definition) is 1. The molecule has 0 radical (unpaired) electrons. The van der Waals surface area contributed by atoms with Crippen molar-refractivity contribution in [3.63, 3.8) is 0 Å². The van der Waals surface area contributed by atoms with Gasteiger partial charge in [0.15, 0.2) is 0 Å². The van der Waals surface area contributed by atoms with Gasteiger partial charge >= 0.3 is 0 Å². The molecule has 4 heteroatoms. The number of hydrogen-bond acceptors (Lipinski definition) is 2. The van der Waals surface area contributed by atoms with Crippen molar-refractivity contribution in [3.05, 3.63) is 34.1 Å². The van der Waals surface area contributed by atoms with E-state index in [9.17, 15) is 9.50 Å². The molecule has 2 atom stereocenters. The van der Waals surface area contributed by atoms with E-state index in [4.69, 9.17) is 0 Å². The number of aliphatic hydroxyl groups is 1. The molecule has 2 rings (SSSR count). The van der Waals surface area contributed by atoms with Gasteiger partial charge in [-0.15, -0.1) is 0 Å². The van der Waals surface area contributed by atoms with Gasteiger partial charge in [0.1, 0.15) is 5.82 Å². The summed E-state index contributed by atoms with van der Waals surface area (Å²) in [7, 11) is 0. The minimum Gasteiger partial charge on any atom is -0.392 e. The zero-order valence-corrected chi connectivity index (χ0v) is 11.5. The molecule has 1 aromatic carbocycles. The van der Waals surface area contributed by atoms with E-state index in [1.165, 1.54) is 6.07 Å². The van der Waals surface area contributed by atoms with Crippen LogP contribution in [0.5, 0.6) is 0 Å². The lowest BCUT2D eigenvalue weighted by atomic mass is 9.96. The molecule has 0 bridgehead atoms. The minimum atomic E-state index is -0.263. The fourth-order valence-electron chi connectivity index (χ4n) is 2.22. The highest BCUT2D eigenvalue weighted by molar-refractivity contribution is 9.10. The summed E-state index contributed by atoms with van der Waals surface area (Å²) in [6.07, 6.45) is 0.734. The highest BCUT2D eigenvalue weighted by atomic mass is 79.9. The van der Waals surface area contributed by atoms with Gasteiger partial charge in [-0.05, 0) is 42.6 Å². The smallest absolute Gasteiger partial charge is 0.124 e. The van der Waals surface area contributed by atoms with Crippen LogP contribution in [0, 0.1) is 11.7 Å². The van der Waals surface area contributed by atoms with Crippen LogP contribution in [0.1, 0.15) is 18.9 Å². The Morgan fingerprint density at radius 3 is 2.88 bits per heavy atom. The molecule has 2 unspecified atom stereocenters. The quantitative estimate of drug-likeness (QED) is 0.908. The van der Waals surface area contributed by atoms with Crippen LogP contribution in [0.25, 0.3) is 0 Å². The molecule has 0 aromatic heterocycles. The number of halogens is 2. The molecule has 1 aliphatic heterocycles. The summed E-state index contributed by atoms with van der Waals surface area (Å²) in [5, 5.41) is 9.81. The molecular weight excluding hydrogens is 285 g/mol. The van der Waals surface area contributed by atoms with E-state index in [1.807, 2.05) is 6.07 Å². The van der Waals surface area contributed by atoms with Crippen LogP contribution < -0.4 is 0 Å². The average Bonchev–Trinajstić information content (AvgIpc) is 2.22. The maximum Gasteiger partial charge on any atom is 0.124 e. The summed E-state index contributed by atoms with van der Waals surface area (Å²) in [5.41, 5.74) is 0.943. The fraction of sp³-hybridized carbons (Fsp3) is 0.538. The van der Waals surface area contributed by atoms with E-state index in [0.29, 0.717) is 19.0 Å². The lowest BCUT2D eigenvalue weighted by Gasteiger charge is -2.34. The summed E-state index contributed by atoms with van der Waals surface area (Å²) < 4.78 is 14.0. The van der Waals surface area contributed by atoms with Crippen molar-refractivity contribution in [3.8, 4) is 0 Å². The molecule has 1 heterocycles. The normalized spacial score (nSPS) is 26.1. The van der Waals surface area contributed by atoms with Gasteiger partial charge in [-0.2, -0.15) is 0 Å². The Morgan fingerprint density at radius 2 is 2.24 bits per heavy atom. The summed E-state index contributed by atoms with van der Waals surface area (Å²) in [6, 6.07) is 4.93. The van der Waals surface area contributed by atoms with E-state index in [-0.39, 0.29) is 11.9 Å². The van der Waals surface area contributed by atoms with Crippen molar-refractivity contribution < 1.29 is 9.50 Å². The summed E-state index contributed by atoms with van der Waals surface area (Å²) in [4.78, 5) is 2.17. The Labute approximate surface area is 110 Å². The third-order valence-corrected chi connectivity index (χ3v) is 3.79. The van der Waals surface area contributed by atoms with Crippen LogP contribution in [0.4, 0.5) is 4.39 Å². The number of likely N-dealkylation sites (tertiary alicyclic amines) is 1. The Hall–Kier alpha value is -0.450. The monoisotopic (exact) mass is 301 g/mol. The van der Waals surface area contributed by atoms with Crippen molar-refractivity contribution in [2.45, 2.75) is 26.0 Å². The molecule has 1 fully saturated rings. The van der Waals surface area contributed by atoms with Gasteiger partial charge in [-0.3, -0.25) is 4.90 Å². The third-order valence-electron chi connectivity index (χ3n) is 3.33. The zero-order chi connectivity index (χ0) is 12.4. The molecule has 17 heavy (non-hydrogen) atoms. The lowest BCUT2D eigenvalue weighted by Crippen LogP contribution is -2.42. The van der Waals surface area contributed by atoms with E-state index >= 15 is 0 Å². The van der Waals surface area contributed by atoms with Crippen LogP contribution in [0.2, 0.25) is 0 Å². The van der Waals surface area contributed by atoms with E-state index < -0.39 is 0 Å². The van der Waals surface area contributed by atoms with Crippen LogP contribution in [0.15, 0.2) is 22.7 Å². The second-order valence-corrected chi connectivity index (χ2v) is 5.76. The molecule has 1 aliphatic rings. The fourth-order valence-corrected chi connectivity index (χ4v) is 2.73. The van der Waals surface area contributed by atoms with Gasteiger partial charge in [0.05, 0.1) is 6.10 Å². The predicted molar refractivity (Wildman–Crippen MR) is 69.2 cm³/mol. The Morgan fingerprint density at radius 1 is 1.47 bits per heavy atom. The van der Waals surface area contributed by atoms with Gasteiger partial charge < -0.3 is 5.11 Å². The largest absolute Gasteiger partial charge is 0.392 e. The molecule has 2 nitrogen and oxygen atoms in total. The predicted octanol–water partition coefficient (Wildman–Crippen LogP) is 2.79. The first-order chi connectivity index (χ1) is 8.04. The Kier molecular flexibility index (Phi) is 4.17. The number of benzene rings is 1. The Bertz CT molecular complexity index is 379. The number of rotatable bonds is 2. The molecule has 0 amide bonds. The number of nitrogens with zero attached hydrogens (tertiary/aromatic N) is 1. The van der Waals surface area contributed by atoms with Crippen molar-refractivity contribution in [1.29, 1.82) is 0 Å². The van der Waals surface area contributed by atoms with Crippen LogP contribution in [0.3, 0.4) is 0 Å². The number of β-amino-alcohol motifs (C(OH)–C–C–N with tert-alkyl or cyclic N) is 1. The van der Waals surface area contributed by atoms with Crippen molar-refractivity contribution in [2.75, 3.05) is 13.1 Å². The maximum atomic E-state index is 13.2. The maximum absolute atomic E-state index is 13.2. The molecule has 0 aliphatic carbocycles. The third kappa shape index (κ3) is 3.50. The molecule has 1 N–H and O–H groups in total. The van der Waals surface area contributed by atoms with Gasteiger partial charge in [0.25, 0.3) is 0 Å². The molecule has 1 saturated heterocycles. The van der Waals surface area contributed by atoms with Crippen LogP contribution in [-0.4, -0.2) is 29.2 Å². The van der Waals surface area contributed by atoms with E-state index in [1.54, 1.807) is 6.07 Å². The Balaban J connectivity index is 2.01. The first-order valence-corrected chi connectivity index (χ1v) is 6.69. The number of piperidine rings is 1. The van der Waals surface area contributed by atoms with Gasteiger partial charge in [0.2, 0.25) is 0 Å². The molecule has 0 saturated carbocycles. The van der Waals surface area contributed by atoms with Crippen LogP contribution in [-0.2, 0) is 6.54 Å². The number of aliphatic hydroxyl groups excluding tert-OH is 1. The van der Waals surface area contributed by atoms with E-state index in [2.05, 4.69) is 27.8 Å². The molecule has 0 spiro atoms. The first kappa shape index (κ1) is 13.0. The van der Waals surface area contributed by atoms with Crippen molar-refractivity contribution in [2.24, 2.45) is 5.92 Å². The standard InChI is InChI=1S/C13H17BrFNO/c1-9-2-3-16(8-13(9)17)7-10-4-11(14)6-12(15)5-10/h4-6,9,13,17H,2-3,7-8H2,1H3. The second-order valence-electron chi connectivity index (χ2n) is 4.85. The first-order valence-electron chi connectivity index (χ1n) is 5.90. The average molecular weight is 302 g/mol. The summed E-state index contributed by atoms with van der Waals surface area (Å²) in [6.45, 7) is 4.41. The van der Waals surface area contributed by atoms with E-state index in [0.717, 1.165) is 23.0 Å². The molecule has 1 aromatic rings.